The van der Waals surface area contributed by atoms with Gasteiger partial charge < -0.3 is 9.88 Å². The van der Waals surface area contributed by atoms with Crippen LogP contribution in [-0.2, 0) is 4.79 Å². The van der Waals surface area contributed by atoms with Gasteiger partial charge in [-0.25, -0.2) is 9.97 Å². The smallest absolute Gasteiger partial charge is 0.242 e. The number of rotatable bonds is 7. The molecule has 8 heteroatoms. The van der Waals surface area contributed by atoms with Gasteiger partial charge in [0, 0.05) is 30.6 Å². The van der Waals surface area contributed by atoms with Crippen LogP contribution in [0.2, 0.25) is 0 Å². The van der Waals surface area contributed by atoms with Crippen molar-refractivity contribution in [2.75, 3.05) is 12.3 Å². The van der Waals surface area contributed by atoms with Crippen LogP contribution >= 0.6 is 11.8 Å². The van der Waals surface area contributed by atoms with Crippen molar-refractivity contribution in [2.45, 2.75) is 44.8 Å². The van der Waals surface area contributed by atoms with E-state index in [0.29, 0.717) is 11.7 Å². The molecule has 2 aromatic heterocycles. The monoisotopic (exact) mass is 322 g/mol. The van der Waals surface area contributed by atoms with Crippen molar-refractivity contribution in [1.29, 1.82) is 0 Å². The third-order valence-corrected chi connectivity index (χ3v) is 4.07. The fourth-order valence-electron chi connectivity index (χ4n) is 2.08. The van der Waals surface area contributed by atoms with E-state index in [9.17, 15) is 4.79 Å². The molecule has 0 saturated carbocycles. The zero-order valence-electron chi connectivity index (χ0n) is 13.3. The molecule has 2 aromatic rings. The summed E-state index contributed by atoms with van der Waals surface area (Å²) in [5.41, 5.74) is 0. The van der Waals surface area contributed by atoms with Crippen molar-refractivity contribution < 1.29 is 4.79 Å². The Hall–Kier alpha value is -1.83. The van der Waals surface area contributed by atoms with Crippen LogP contribution in [0, 0.1) is 6.92 Å². The number of aromatic amines is 1. The summed E-state index contributed by atoms with van der Waals surface area (Å²) in [6.45, 7) is 8.46. The van der Waals surface area contributed by atoms with Crippen LogP contribution in [0.5, 0.6) is 0 Å². The highest BCUT2D eigenvalue weighted by molar-refractivity contribution is 7.99. The van der Waals surface area contributed by atoms with Crippen LogP contribution in [0.25, 0.3) is 0 Å². The van der Waals surface area contributed by atoms with E-state index < -0.39 is 0 Å². The molecule has 0 fully saturated rings. The van der Waals surface area contributed by atoms with Gasteiger partial charge in [-0.3, -0.25) is 9.89 Å². The lowest BCUT2D eigenvalue weighted by molar-refractivity contribution is -0.123. The molecular weight excluding hydrogens is 300 g/mol. The predicted octanol–water partition coefficient (Wildman–Crippen LogP) is 1.90. The Morgan fingerprint density at radius 1 is 1.45 bits per heavy atom. The number of thioether (sulfide) groups is 1. The average molecular weight is 322 g/mol. The number of aryl methyl sites for hydroxylation is 1. The van der Waals surface area contributed by atoms with E-state index in [1.807, 2.05) is 24.6 Å². The molecule has 2 N–H and O–H groups in total. The molecule has 7 nitrogen and oxygen atoms in total. The van der Waals surface area contributed by atoms with Gasteiger partial charge in [0.05, 0.1) is 0 Å². The van der Waals surface area contributed by atoms with E-state index in [0.717, 1.165) is 17.4 Å². The molecule has 1 atom stereocenters. The third-order valence-electron chi connectivity index (χ3n) is 3.22. The fraction of sp³-hybridized carbons (Fsp3) is 0.571. The summed E-state index contributed by atoms with van der Waals surface area (Å²) in [5.74, 6) is 2.73. The van der Waals surface area contributed by atoms with Crippen LogP contribution in [0.3, 0.4) is 0 Å². The molecule has 0 radical (unpaired) electrons. The quantitative estimate of drug-likeness (QED) is 0.600. The number of nitrogens with one attached hydrogen (secondary N) is 2. The second kappa shape index (κ2) is 7.44. The van der Waals surface area contributed by atoms with Gasteiger partial charge in [0.2, 0.25) is 11.1 Å². The van der Waals surface area contributed by atoms with Gasteiger partial charge in [-0.15, -0.1) is 5.10 Å². The number of carbonyl (C=O) groups is 1. The Labute approximate surface area is 134 Å². The molecule has 120 valence electrons. The predicted molar refractivity (Wildman–Crippen MR) is 85.9 cm³/mol. The molecule has 0 bridgehead atoms. The van der Waals surface area contributed by atoms with Gasteiger partial charge >= 0.3 is 0 Å². The Bertz CT molecular complexity index is 620. The second-order valence-corrected chi connectivity index (χ2v) is 6.43. The minimum Gasteiger partial charge on any atom is -0.353 e. The molecule has 0 aliphatic carbocycles. The SMILES string of the molecule is Cc1nc(SCCNC(=O)[C@H](C)n2ccnc2C(C)C)n[nH]1. The van der Waals surface area contributed by atoms with Crippen LogP contribution < -0.4 is 5.32 Å². The molecule has 0 aromatic carbocycles. The summed E-state index contributed by atoms with van der Waals surface area (Å²) >= 11 is 1.51. The average Bonchev–Trinajstić information content (AvgIpc) is 3.11. The Morgan fingerprint density at radius 2 is 2.23 bits per heavy atom. The van der Waals surface area contributed by atoms with E-state index in [2.05, 4.69) is 39.3 Å². The van der Waals surface area contributed by atoms with E-state index in [1.54, 1.807) is 6.20 Å². The van der Waals surface area contributed by atoms with Gasteiger partial charge in [-0.2, -0.15) is 0 Å². The number of aromatic nitrogens is 5. The van der Waals surface area contributed by atoms with E-state index >= 15 is 0 Å². The number of H-pyrrole nitrogens is 1. The molecule has 0 spiro atoms. The van der Waals surface area contributed by atoms with Crippen molar-refractivity contribution in [3.05, 3.63) is 24.0 Å². The van der Waals surface area contributed by atoms with Crippen molar-refractivity contribution in [2.24, 2.45) is 0 Å². The van der Waals surface area contributed by atoms with Crippen LogP contribution in [-0.4, -0.2) is 42.9 Å². The van der Waals surface area contributed by atoms with Crippen molar-refractivity contribution in [3.8, 4) is 0 Å². The zero-order chi connectivity index (χ0) is 16.1. The number of nitrogens with zero attached hydrogens (tertiary/aromatic N) is 4. The molecule has 1 amide bonds. The summed E-state index contributed by atoms with van der Waals surface area (Å²) in [4.78, 5) is 20.7. The van der Waals surface area contributed by atoms with E-state index in [-0.39, 0.29) is 17.9 Å². The Morgan fingerprint density at radius 3 is 2.86 bits per heavy atom. The van der Waals surface area contributed by atoms with Gasteiger partial charge in [-0.05, 0) is 13.8 Å². The first kappa shape index (κ1) is 16.5. The van der Waals surface area contributed by atoms with Gasteiger partial charge in [0.15, 0.2) is 0 Å². The number of amides is 1. The lowest BCUT2D eigenvalue weighted by Crippen LogP contribution is -2.33. The molecule has 2 heterocycles. The first-order valence-electron chi connectivity index (χ1n) is 7.31. The third kappa shape index (κ3) is 4.09. The van der Waals surface area contributed by atoms with Crippen LogP contribution in [0.4, 0.5) is 0 Å². The lowest BCUT2D eigenvalue weighted by Gasteiger charge is -2.17. The van der Waals surface area contributed by atoms with Crippen molar-refractivity contribution in [1.82, 2.24) is 30.0 Å². The van der Waals surface area contributed by atoms with Crippen LogP contribution in [0.15, 0.2) is 17.6 Å². The molecule has 0 saturated heterocycles. The maximum atomic E-state index is 12.2. The first-order valence-corrected chi connectivity index (χ1v) is 8.30. The molecule has 0 aliphatic rings. The highest BCUT2D eigenvalue weighted by atomic mass is 32.2. The van der Waals surface area contributed by atoms with Gasteiger partial charge in [0.1, 0.15) is 17.7 Å². The van der Waals surface area contributed by atoms with Gasteiger partial charge in [-0.1, -0.05) is 25.6 Å². The molecule has 2 rings (SSSR count). The topological polar surface area (TPSA) is 88.5 Å². The maximum Gasteiger partial charge on any atom is 0.242 e. The van der Waals surface area contributed by atoms with Crippen molar-refractivity contribution in [3.63, 3.8) is 0 Å². The standard InChI is InChI=1S/C14H22N6OS/c1-9(2)12-15-5-7-20(12)10(3)13(21)16-6-8-22-14-17-11(4)18-19-14/h5,7,9-10H,6,8H2,1-4H3,(H,16,21)(H,17,18,19)/t10-/m0/s1. The summed E-state index contributed by atoms with van der Waals surface area (Å²) in [6, 6.07) is -0.268. The minimum absolute atomic E-state index is 0.00772. The zero-order valence-corrected chi connectivity index (χ0v) is 14.1. The minimum atomic E-state index is -0.268. The number of hydrogen-bond acceptors (Lipinski definition) is 5. The van der Waals surface area contributed by atoms with Crippen molar-refractivity contribution >= 4 is 17.7 Å². The molecule has 0 unspecified atom stereocenters. The second-order valence-electron chi connectivity index (χ2n) is 5.37. The van der Waals surface area contributed by atoms with E-state index in [1.165, 1.54) is 11.8 Å². The lowest BCUT2D eigenvalue weighted by atomic mass is 10.2. The maximum absolute atomic E-state index is 12.2. The molecule has 0 aliphatic heterocycles. The number of imidazole rings is 1. The Kier molecular flexibility index (Phi) is 5.59. The summed E-state index contributed by atoms with van der Waals surface area (Å²) < 4.78 is 1.92. The highest BCUT2D eigenvalue weighted by Crippen LogP contribution is 2.17. The first-order chi connectivity index (χ1) is 10.5. The van der Waals surface area contributed by atoms with Crippen LogP contribution in [0.1, 0.15) is 44.4 Å². The number of carbonyl (C=O) groups excluding carboxylic acids is 1. The number of hydrogen-bond donors (Lipinski definition) is 2. The highest BCUT2D eigenvalue weighted by Gasteiger charge is 2.18. The summed E-state index contributed by atoms with van der Waals surface area (Å²) in [5, 5.41) is 10.5. The normalized spacial score (nSPS) is 12.6. The molecular formula is C14H22N6OS. The van der Waals surface area contributed by atoms with E-state index in [4.69, 9.17) is 0 Å². The largest absolute Gasteiger partial charge is 0.353 e. The Balaban J connectivity index is 1.80. The molecule has 22 heavy (non-hydrogen) atoms. The summed E-state index contributed by atoms with van der Waals surface area (Å²) in [7, 11) is 0. The fourth-order valence-corrected chi connectivity index (χ4v) is 2.77. The van der Waals surface area contributed by atoms with Gasteiger partial charge in [0.25, 0.3) is 0 Å². The summed E-state index contributed by atoms with van der Waals surface area (Å²) in [6.07, 6.45) is 3.59.